The summed E-state index contributed by atoms with van der Waals surface area (Å²) in [5.74, 6) is 1.32. The summed E-state index contributed by atoms with van der Waals surface area (Å²) in [7, 11) is 0. The molecule has 0 atom stereocenters. The molecule has 5 heteroatoms. The minimum absolute atomic E-state index is 0.561. The first-order valence-corrected chi connectivity index (χ1v) is 7.98. The van der Waals surface area contributed by atoms with Crippen LogP contribution < -0.4 is 0 Å². The molecule has 102 valence electrons. The lowest BCUT2D eigenvalue weighted by atomic mass is 10.2. The summed E-state index contributed by atoms with van der Waals surface area (Å²) in [4.78, 5) is 8.93. The number of fused-ring (bicyclic) bond motifs is 1. The van der Waals surface area contributed by atoms with Crippen LogP contribution in [-0.4, -0.2) is 9.97 Å². The molecule has 0 saturated carbocycles. The van der Waals surface area contributed by atoms with Gasteiger partial charge in [0.2, 0.25) is 0 Å². The standard InChI is InChI=1S/C16H9BrN2OS/c17-11-6-7-14-12(8-11)19-16(21-14)15-18-9-13(20-15)10-4-2-1-3-5-10/h1-9H. The van der Waals surface area contributed by atoms with Gasteiger partial charge in [-0.15, -0.1) is 11.3 Å². The Balaban J connectivity index is 1.77. The summed E-state index contributed by atoms with van der Waals surface area (Å²) < 4.78 is 7.98. The highest BCUT2D eigenvalue weighted by Crippen LogP contribution is 2.33. The molecule has 0 unspecified atom stereocenters. The number of hydrogen-bond donors (Lipinski definition) is 0. The second-order valence-corrected chi connectivity index (χ2v) is 6.47. The first-order chi connectivity index (χ1) is 10.3. The van der Waals surface area contributed by atoms with Gasteiger partial charge in [0, 0.05) is 10.0 Å². The highest BCUT2D eigenvalue weighted by Gasteiger charge is 2.13. The fourth-order valence-corrected chi connectivity index (χ4v) is 3.33. The van der Waals surface area contributed by atoms with Crippen LogP contribution in [0, 0.1) is 0 Å². The average molecular weight is 357 g/mol. The van der Waals surface area contributed by atoms with E-state index in [0.29, 0.717) is 5.89 Å². The van der Waals surface area contributed by atoms with Crippen molar-refractivity contribution in [1.82, 2.24) is 9.97 Å². The van der Waals surface area contributed by atoms with Crippen molar-refractivity contribution in [3.63, 3.8) is 0 Å². The first kappa shape index (κ1) is 12.7. The summed E-state index contributed by atoms with van der Waals surface area (Å²) in [5.41, 5.74) is 1.96. The zero-order valence-electron chi connectivity index (χ0n) is 10.8. The van der Waals surface area contributed by atoms with Gasteiger partial charge >= 0.3 is 0 Å². The summed E-state index contributed by atoms with van der Waals surface area (Å²) in [6.45, 7) is 0. The molecule has 3 nitrogen and oxygen atoms in total. The Bertz CT molecular complexity index is 914. The summed E-state index contributed by atoms with van der Waals surface area (Å²) >= 11 is 5.04. The predicted octanol–water partition coefficient (Wildman–Crippen LogP) is 5.38. The molecule has 0 N–H and O–H groups in total. The van der Waals surface area contributed by atoms with E-state index in [1.54, 1.807) is 17.5 Å². The van der Waals surface area contributed by atoms with Crippen LogP contribution in [0.5, 0.6) is 0 Å². The lowest BCUT2D eigenvalue weighted by Gasteiger charge is -1.93. The van der Waals surface area contributed by atoms with Gasteiger partial charge < -0.3 is 4.42 Å². The van der Waals surface area contributed by atoms with E-state index < -0.39 is 0 Å². The van der Waals surface area contributed by atoms with E-state index in [2.05, 4.69) is 25.9 Å². The van der Waals surface area contributed by atoms with Crippen LogP contribution in [0.3, 0.4) is 0 Å². The lowest BCUT2D eigenvalue weighted by Crippen LogP contribution is -1.74. The maximum absolute atomic E-state index is 5.84. The number of aromatic nitrogens is 2. The topological polar surface area (TPSA) is 38.9 Å². The van der Waals surface area contributed by atoms with Crippen molar-refractivity contribution in [1.29, 1.82) is 0 Å². The summed E-state index contributed by atoms with van der Waals surface area (Å²) in [5, 5.41) is 0.797. The third-order valence-electron chi connectivity index (χ3n) is 3.10. The Morgan fingerprint density at radius 1 is 1.05 bits per heavy atom. The predicted molar refractivity (Wildman–Crippen MR) is 88.3 cm³/mol. The van der Waals surface area contributed by atoms with Gasteiger partial charge in [0.1, 0.15) is 0 Å². The van der Waals surface area contributed by atoms with Crippen molar-refractivity contribution in [3.8, 4) is 22.2 Å². The van der Waals surface area contributed by atoms with Crippen molar-refractivity contribution in [2.24, 2.45) is 0 Å². The smallest absolute Gasteiger partial charge is 0.256 e. The molecular weight excluding hydrogens is 348 g/mol. The van der Waals surface area contributed by atoms with Crippen molar-refractivity contribution in [2.45, 2.75) is 0 Å². The Morgan fingerprint density at radius 2 is 1.90 bits per heavy atom. The molecule has 0 aliphatic carbocycles. The number of halogens is 1. The molecule has 0 saturated heterocycles. The normalized spacial score (nSPS) is 11.1. The number of oxazole rings is 1. The van der Waals surface area contributed by atoms with E-state index in [0.717, 1.165) is 31.0 Å². The lowest BCUT2D eigenvalue weighted by molar-refractivity contribution is 0.588. The van der Waals surface area contributed by atoms with Gasteiger partial charge in [-0.3, -0.25) is 0 Å². The Morgan fingerprint density at radius 3 is 2.76 bits per heavy atom. The van der Waals surface area contributed by atoms with Gasteiger partial charge in [-0.1, -0.05) is 46.3 Å². The zero-order chi connectivity index (χ0) is 14.2. The maximum atomic E-state index is 5.84. The van der Waals surface area contributed by atoms with E-state index in [4.69, 9.17) is 4.42 Å². The SMILES string of the molecule is Brc1ccc2sc(-c3ncc(-c4ccccc4)o3)nc2c1. The van der Waals surface area contributed by atoms with Gasteiger partial charge in [-0.25, -0.2) is 9.97 Å². The zero-order valence-corrected chi connectivity index (χ0v) is 13.2. The molecule has 0 aliphatic heterocycles. The highest BCUT2D eigenvalue weighted by molar-refractivity contribution is 9.10. The molecule has 0 fully saturated rings. The number of benzene rings is 2. The van der Waals surface area contributed by atoms with Gasteiger partial charge in [-0.2, -0.15) is 0 Å². The van der Waals surface area contributed by atoms with E-state index in [1.165, 1.54) is 0 Å². The molecule has 21 heavy (non-hydrogen) atoms. The van der Waals surface area contributed by atoms with Crippen molar-refractivity contribution >= 4 is 37.5 Å². The second-order valence-electron chi connectivity index (χ2n) is 4.53. The summed E-state index contributed by atoms with van der Waals surface area (Å²) in [6, 6.07) is 16.0. The second kappa shape index (κ2) is 5.09. The van der Waals surface area contributed by atoms with Gasteiger partial charge in [0.25, 0.3) is 5.89 Å². The summed E-state index contributed by atoms with van der Waals surface area (Å²) in [6.07, 6.45) is 1.74. The van der Waals surface area contributed by atoms with Crippen LogP contribution >= 0.6 is 27.3 Å². The Hall–Kier alpha value is -1.98. The van der Waals surface area contributed by atoms with Crippen LogP contribution in [0.2, 0.25) is 0 Å². The van der Waals surface area contributed by atoms with E-state index in [-0.39, 0.29) is 0 Å². The van der Waals surface area contributed by atoms with E-state index in [9.17, 15) is 0 Å². The minimum atomic E-state index is 0.561. The van der Waals surface area contributed by atoms with Crippen LogP contribution in [-0.2, 0) is 0 Å². The number of rotatable bonds is 2. The van der Waals surface area contributed by atoms with Crippen molar-refractivity contribution in [2.75, 3.05) is 0 Å². The minimum Gasteiger partial charge on any atom is -0.434 e. The largest absolute Gasteiger partial charge is 0.434 e. The molecule has 4 rings (SSSR count). The fraction of sp³-hybridized carbons (Fsp3) is 0. The van der Waals surface area contributed by atoms with Crippen molar-refractivity contribution < 1.29 is 4.42 Å². The monoisotopic (exact) mass is 356 g/mol. The molecular formula is C16H9BrN2OS. The number of thiazole rings is 1. The van der Waals surface area contributed by atoms with Gasteiger partial charge in [0.15, 0.2) is 10.8 Å². The number of hydrogen-bond acceptors (Lipinski definition) is 4. The molecule has 0 radical (unpaired) electrons. The molecule has 4 aromatic rings. The highest BCUT2D eigenvalue weighted by atomic mass is 79.9. The van der Waals surface area contributed by atoms with Crippen LogP contribution in [0.4, 0.5) is 0 Å². The Kier molecular flexibility index (Phi) is 3.09. The van der Waals surface area contributed by atoms with Crippen LogP contribution in [0.1, 0.15) is 0 Å². The molecule has 0 bridgehead atoms. The third kappa shape index (κ3) is 2.39. The molecule has 0 spiro atoms. The molecule has 0 amide bonds. The fourth-order valence-electron chi connectivity index (χ4n) is 2.10. The Labute approximate surface area is 133 Å². The molecule has 2 aromatic heterocycles. The first-order valence-electron chi connectivity index (χ1n) is 6.37. The molecule has 0 aliphatic rings. The maximum Gasteiger partial charge on any atom is 0.256 e. The van der Waals surface area contributed by atoms with E-state index in [1.807, 2.05) is 48.5 Å². The van der Waals surface area contributed by atoms with Crippen LogP contribution in [0.15, 0.2) is 63.6 Å². The molecule has 2 aromatic carbocycles. The van der Waals surface area contributed by atoms with Crippen molar-refractivity contribution in [3.05, 3.63) is 59.2 Å². The van der Waals surface area contributed by atoms with Gasteiger partial charge in [-0.05, 0) is 18.2 Å². The average Bonchev–Trinajstić information content (AvgIpc) is 3.14. The van der Waals surface area contributed by atoms with Gasteiger partial charge in [0.05, 0.1) is 16.4 Å². The number of nitrogens with zero attached hydrogens (tertiary/aromatic N) is 2. The van der Waals surface area contributed by atoms with E-state index >= 15 is 0 Å². The quantitative estimate of drug-likeness (QED) is 0.483. The molecule has 2 heterocycles. The van der Waals surface area contributed by atoms with Crippen LogP contribution in [0.25, 0.3) is 32.4 Å². The third-order valence-corrected chi connectivity index (χ3v) is 4.61.